The lowest BCUT2D eigenvalue weighted by Crippen LogP contribution is -2.41. The number of carbonyl (C=O) groups excluding carboxylic acids is 1. The monoisotopic (exact) mass is 420 g/mol. The summed E-state index contributed by atoms with van der Waals surface area (Å²) < 4.78 is 24.5. The van der Waals surface area contributed by atoms with Crippen LogP contribution in [0.2, 0.25) is 5.15 Å². The average Bonchev–Trinajstić information content (AvgIpc) is 2.74. The second-order valence-corrected chi connectivity index (χ2v) is 7.57. The first kappa shape index (κ1) is 19.8. The number of rotatable bonds is 5. The summed E-state index contributed by atoms with van der Waals surface area (Å²) >= 11 is 5.78. The summed E-state index contributed by atoms with van der Waals surface area (Å²) in [6.07, 6.45) is 1.99. The minimum absolute atomic E-state index is 0.0290. The summed E-state index contributed by atoms with van der Waals surface area (Å²) in [6, 6.07) is 6.43. The van der Waals surface area contributed by atoms with Gasteiger partial charge in [-0.05, 0) is 49.1 Å². The maximum Gasteiger partial charge on any atom is 0.223 e. The van der Waals surface area contributed by atoms with Gasteiger partial charge in [0.05, 0.1) is 6.61 Å². The molecule has 0 unspecified atom stereocenters. The van der Waals surface area contributed by atoms with Gasteiger partial charge in [0, 0.05) is 31.1 Å². The molecule has 154 valence electrons. The largest absolute Gasteiger partial charge is 0.467 e. The number of fused-ring (bicyclic) bond motifs is 1. The molecule has 2 aliphatic rings. The van der Waals surface area contributed by atoms with Gasteiger partial charge in [0.2, 0.25) is 5.91 Å². The predicted octanol–water partition coefficient (Wildman–Crippen LogP) is 2.71. The molecule has 1 aromatic heterocycles. The third-order valence-corrected chi connectivity index (χ3v) is 5.45. The highest BCUT2D eigenvalue weighted by Crippen LogP contribution is 2.29. The molecular formula is C20H22ClFN4O3. The molecular weight excluding hydrogens is 399 g/mol. The van der Waals surface area contributed by atoms with Gasteiger partial charge in [-0.25, -0.2) is 4.39 Å². The van der Waals surface area contributed by atoms with Crippen LogP contribution in [0, 0.1) is 11.7 Å². The normalized spacial score (nSPS) is 16.8. The lowest BCUT2D eigenvalue weighted by molar-refractivity contribution is -0.125. The van der Waals surface area contributed by atoms with Gasteiger partial charge in [-0.15, -0.1) is 10.2 Å². The number of benzene rings is 1. The number of anilines is 1. The van der Waals surface area contributed by atoms with E-state index in [1.54, 1.807) is 6.07 Å². The number of nitrogens with one attached hydrogen (secondary N) is 1. The summed E-state index contributed by atoms with van der Waals surface area (Å²) in [5.74, 6) is 1.10. The van der Waals surface area contributed by atoms with Crippen LogP contribution in [0.5, 0.6) is 5.75 Å². The summed E-state index contributed by atoms with van der Waals surface area (Å²) in [7, 11) is 0. The lowest BCUT2D eigenvalue weighted by atomic mass is 9.95. The third-order valence-electron chi connectivity index (χ3n) is 5.25. The molecule has 2 aliphatic heterocycles. The number of hydrogen-bond donors (Lipinski definition) is 1. The zero-order chi connectivity index (χ0) is 20.2. The Bertz CT molecular complexity index is 873. The Kier molecular flexibility index (Phi) is 6.10. The molecule has 9 heteroatoms. The van der Waals surface area contributed by atoms with E-state index in [1.807, 2.05) is 6.07 Å². The Morgan fingerprint density at radius 3 is 2.86 bits per heavy atom. The average molecular weight is 421 g/mol. The highest BCUT2D eigenvalue weighted by molar-refractivity contribution is 6.29. The number of halogens is 2. The van der Waals surface area contributed by atoms with Gasteiger partial charge in [0.15, 0.2) is 17.8 Å². The lowest BCUT2D eigenvalue weighted by Gasteiger charge is -2.31. The molecule has 3 heterocycles. The smallest absolute Gasteiger partial charge is 0.223 e. The molecule has 0 atom stereocenters. The molecule has 29 heavy (non-hydrogen) atoms. The van der Waals surface area contributed by atoms with E-state index in [-0.39, 0.29) is 24.4 Å². The molecule has 0 bridgehead atoms. The summed E-state index contributed by atoms with van der Waals surface area (Å²) in [5, 5.41) is 11.3. The minimum atomic E-state index is -0.322. The first-order valence-corrected chi connectivity index (χ1v) is 10.0. The topological polar surface area (TPSA) is 76.6 Å². The van der Waals surface area contributed by atoms with Crippen LogP contribution in [0.4, 0.5) is 10.2 Å². The molecule has 0 spiro atoms. The van der Waals surface area contributed by atoms with Crippen LogP contribution in [0.1, 0.15) is 24.0 Å². The fourth-order valence-electron chi connectivity index (χ4n) is 3.76. The first-order chi connectivity index (χ1) is 14.1. The number of amides is 1. The number of aromatic nitrogens is 2. The van der Waals surface area contributed by atoms with Crippen LogP contribution in [0.15, 0.2) is 24.3 Å². The molecule has 0 radical (unpaired) electrons. The van der Waals surface area contributed by atoms with Gasteiger partial charge >= 0.3 is 0 Å². The Labute approximate surface area is 173 Å². The Balaban J connectivity index is 1.27. The second kappa shape index (κ2) is 8.92. The van der Waals surface area contributed by atoms with Crippen molar-refractivity contribution in [2.24, 2.45) is 5.92 Å². The van der Waals surface area contributed by atoms with Crippen LogP contribution in [-0.2, 0) is 22.6 Å². The molecule has 1 N–H and O–H groups in total. The fraction of sp³-hybridized carbons (Fsp3) is 0.450. The molecule has 1 aromatic carbocycles. The van der Waals surface area contributed by atoms with Crippen molar-refractivity contribution in [3.63, 3.8) is 0 Å². The van der Waals surface area contributed by atoms with Crippen LogP contribution < -0.4 is 15.0 Å². The molecule has 1 fully saturated rings. The van der Waals surface area contributed by atoms with Gasteiger partial charge in [0.1, 0.15) is 11.6 Å². The molecule has 2 aromatic rings. The van der Waals surface area contributed by atoms with Crippen LogP contribution in [-0.4, -0.2) is 42.5 Å². The van der Waals surface area contributed by atoms with Crippen molar-refractivity contribution in [3.05, 3.63) is 46.4 Å². The van der Waals surface area contributed by atoms with E-state index >= 15 is 0 Å². The molecule has 7 nitrogen and oxygen atoms in total. The van der Waals surface area contributed by atoms with E-state index in [1.165, 1.54) is 12.1 Å². The minimum Gasteiger partial charge on any atom is -0.467 e. The van der Waals surface area contributed by atoms with E-state index < -0.39 is 0 Å². The van der Waals surface area contributed by atoms with E-state index in [0.29, 0.717) is 36.0 Å². The van der Waals surface area contributed by atoms with Crippen LogP contribution in [0.25, 0.3) is 0 Å². The van der Waals surface area contributed by atoms with Gasteiger partial charge in [-0.1, -0.05) is 11.6 Å². The standard InChI is InChI=1S/C20H22ClFN4O3/c21-17-1-2-18(25-24-17)26-7-4-13(5-8-26)20(27)23-6-3-14-9-16(22)10-15-11-28-12-29-19(14)15/h1-2,9-10,13H,3-8,11-12H2,(H,23,27). The second-order valence-electron chi connectivity index (χ2n) is 7.18. The Hall–Kier alpha value is -2.45. The van der Waals surface area contributed by atoms with Crippen molar-refractivity contribution in [1.29, 1.82) is 0 Å². The predicted molar refractivity (Wildman–Crippen MR) is 105 cm³/mol. The third kappa shape index (κ3) is 4.76. The van der Waals surface area contributed by atoms with Crippen LogP contribution in [0.3, 0.4) is 0 Å². The quantitative estimate of drug-likeness (QED) is 0.801. The number of carbonyl (C=O) groups is 1. The molecule has 0 aliphatic carbocycles. The maximum atomic E-state index is 13.8. The highest BCUT2D eigenvalue weighted by atomic mass is 35.5. The summed E-state index contributed by atoms with van der Waals surface area (Å²) in [6.45, 7) is 2.40. The van der Waals surface area contributed by atoms with Gasteiger partial charge in [-0.3, -0.25) is 4.79 Å². The van der Waals surface area contributed by atoms with Crippen molar-refractivity contribution >= 4 is 23.3 Å². The van der Waals surface area contributed by atoms with Crippen molar-refractivity contribution in [2.45, 2.75) is 25.9 Å². The number of ether oxygens (including phenoxy) is 2. The molecule has 4 rings (SSSR count). The fourth-order valence-corrected chi connectivity index (χ4v) is 3.86. The number of hydrogen-bond acceptors (Lipinski definition) is 6. The van der Waals surface area contributed by atoms with E-state index in [2.05, 4.69) is 20.4 Å². The van der Waals surface area contributed by atoms with Crippen molar-refractivity contribution in [1.82, 2.24) is 15.5 Å². The molecule has 1 amide bonds. The summed E-state index contributed by atoms with van der Waals surface area (Å²) in [4.78, 5) is 14.6. The van der Waals surface area contributed by atoms with Gasteiger partial charge in [-0.2, -0.15) is 0 Å². The van der Waals surface area contributed by atoms with E-state index in [0.717, 1.165) is 37.3 Å². The SMILES string of the molecule is O=C(NCCc1cc(F)cc2c1OCOC2)C1CCN(c2ccc(Cl)nn2)CC1. The Morgan fingerprint density at radius 1 is 1.28 bits per heavy atom. The van der Waals surface area contributed by atoms with Crippen molar-refractivity contribution in [2.75, 3.05) is 31.3 Å². The van der Waals surface area contributed by atoms with Crippen molar-refractivity contribution < 1.29 is 18.7 Å². The van der Waals surface area contributed by atoms with Gasteiger partial charge in [0.25, 0.3) is 0 Å². The van der Waals surface area contributed by atoms with Crippen molar-refractivity contribution in [3.8, 4) is 5.75 Å². The van der Waals surface area contributed by atoms with E-state index in [9.17, 15) is 9.18 Å². The number of nitrogens with zero attached hydrogens (tertiary/aromatic N) is 3. The molecule has 1 saturated heterocycles. The molecule has 0 saturated carbocycles. The highest BCUT2D eigenvalue weighted by Gasteiger charge is 2.26. The van der Waals surface area contributed by atoms with E-state index in [4.69, 9.17) is 21.1 Å². The number of piperidine rings is 1. The zero-order valence-corrected chi connectivity index (χ0v) is 16.6. The first-order valence-electron chi connectivity index (χ1n) is 9.64. The summed E-state index contributed by atoms with van der Waals surface area (Å²) in [5.41, 5.74) is 1.45. The Morgan fingerprint density at radius 2 is 2.10 bits per heavy atom. The zero-order valence-electron chi connectivity index (χ0n) is 15.9. The van der Waals surface area contributed by atoms with Gasteiger partial charge < -0.3 is 19.7 Å². The maximum absolute atomic E-state index is 13.8. The van der Waals surface area contributed by atoms with Crippen LogP contribution >= 0.6 is 11.6 Å².